The van der Waals surface area contributed by atoms with Crippen molar-refractivity contribution in [2.24, 2.45) is 0 Å². The summed E-state index contributed by atoms with van der Waals surface area (Å²) >= 11 is 6.87. The molecular weight excluding hydrogens is 464 g/mol. The predicted octanol–water partition coefficient (Wildman–Crippen LogP) is 5.60. The third-order valence-corrected chi connectivity index (χ3v) is 8.08. The lowest BCUT2D eigenvalue weighted by Gasteiger charge is -2.33. The van der Waals surface area contributed by atoms with E-state index in [0.29, 0.717) is 27.9 Å². The van der Waals surface area contributed by atoms with Gasteiger partial charge >= 0.3 is 0 Å². The number of amides is 1. The minimum atomic E-state index is -0.254. The van der Waals surface area contributed by atoms with Gasteiger partial charge in [0.05, 0.1) is 4.91 Å². The van der Waals surface area contributed by atoms with Gasteiger partial charge in [0.2, 0.25) is 0 Å². The monoisotopic (exact) mass is 500 g/mol. The zero-order valence-electron chi connectivity index (χ0n) is 20.7. The maximum absolute atomic E-state index is 13.3. The van der Waals surface area contributed by atoms with Gasteiger partial charge in [0.15, 0.2) is 0 Å². The average Bonchev–Trinajstić information content (AvgIpc) is 3.10. The quantitative estimate of drug-likeness (QED) is 0.237. The van der Waals surface area contributed by atoms with Gasteiger partial charge in [-0.25, -0.2) is 0 Å². The number of nitrogens with zero attached hydrogens (tertiary/aromatic N) is 4. The van der Waals surface area contributed by atoms with Crippen LogP contribution in [0, 0.1) is 18.3 Å². The van der Waals surface area contributed by atoms with Crippen LogP contribution >= 0.6 is 24.0 Å². The molecule has 3 heterocycles. The molecule has 184 valence electrons. The molecular formula is C26H36N4O2S2. The highest BCUT2D eigenvalue weighted by molar-refractivity contribution is 8.26. The maximum Gasteiger partial charge on any atom is 0.270 e. The summed E-state index contributed by atoms with van der Waals surface area (Å²) in [5.41, 5.74) is 1.33. The van der Waals surface area contributed by atoms with E-state index in [9.17, 15) is 14.9 Å². The van der Waals surface area contributed by atoms with E-state index in [1.807, 2.05) is 19.9 Å². The van der Waals surface area contributed by atoms with Crippen molar-refractivity contribution in [3.05, 3.63) is 31.9 Å². The Bertz CT molecular complexity index is 1050. The Labute approximate surface area is 213 Å². The van der Waals surface area contributed by atoms with Crippen LogP contribution in [0.1, 0.15) is 88.3 Å². The van der Waals surface area contributed by atoms with E-state index in [0.717, 1.165) is 50.2 Å². The molecule has 0 aromatic carbocycles. The Morgan fingerprint density at radius 2 is 1.74 bits per heavy atom. The smallest absolute Gasteiger partial charge is 0.270 e. The van der Waals surface area contributed by atoms with Gasteiger partial charge in [-0.1, -0.05) is 63.0 Å². The number of rotatable bonds is 10. The van der Waals surface area contributed by atoms with E-state index in [2.05, 4.69) is 17.9 Å². The molecule has 0 unspecified atom stereocenters. The van der Waals surface area contributed by atoms with Crippen LogP contribution in [0.15, 0.2) is 9.70 Å². The molecule has 1 amide bonds. The van der Waals surface area contributed by atoms with Gasteiger partial charge in [0.25, 0.3) is 11.5 Å². The number of aromatic nitrogens is 1. The minimum Gasteiger partial charge on any atom is -0.357 e. The second kappa shape index (κ2) is 12.6. The number of hydrogen-bond acceptors (Lipinski definition) is 6. The van der Waals surface area contributed by atoms with Crippen molar-refractivity contribution >= 4 is 46.1 Å². The van der Waals surface area contributed by atoms with Gasteiger partial charge in [0, 0.05) is 31.7 Å². The predicted molar refractivity (Wildman–Crippen MR) is 145 cm³/mol. The molecule has 2 fully saturated rings. The number of hydrogen-bond donors (Lipinski definition) is 0. The molecule has 2 aliphatic heterocycles. The van der Waals surface area contributed by atoms with Crippen molar-refractivity contribution in [1.29, 1.82) is 5.26 Å². The summed E-state index contributed by atoms with van der Waals surface area (Å²) < 4.78 is 2.28. The van der Waals surface area contributed by atoms with Crippen LogP contribution in [0.5, 0.6) is 0 Å². The molecule has 0 aliphatic carbocycles. The Morgan fingerprint density at radius 1 is 1.06 bits per heavy atom. The SMILES string of the molecule is CCCCCCCCN1C(=O)/C(=C\c2c(C)c(C#N)c(=O)n(CC)c2N2CCCCC2)SC1=S. The number of thioether (sulfide) groups is 1. The summed E-state index contributed by atoms with van der Waals surface area (Å²) in [6.07, 6.45) is 12.1. The number of unbranched alkanes of at least 4 members (excludes halogenated alkanes) is 5. The van der Waals surface area contributed by atoms with Crippen LogP contribution in [0.3, 0.4) is 0 Å². The van der Waals surface area contributed by atoms with Gasteiger partial charge in [-0.15, -0.1) is 0 Å². The van der Waals surface area contributed by atoms with E-state index in [-0.39, 0.29) is 17.0 Å². The van der Waals surface area contributed by atoms with Crippen LogP contribution in [0.2, 0.25) is 0 Å². The molecule has 2 aliphatic rings. The molecule has 8 heteroatoms. The van der Waals surface area contributed by atoms with E-state index >= 15 is 0 Å². The van der Waals surface area contributed by atoms with Crippen molar-refractivity contribution in [3.8, 4) is 6.07 Å². The number of pyridine rings is 1. The summed E-state index contributed by atoms with van der Waals surface area (Å²) in [4.78, 5) is 30.9. The zero-order valence-corrected chi connectivity index (χ0v) is 22.3. The molecule has 1 aromatic heterocycles. The summed E-state index contributed by atoms with van der Waals surface area (Å²) in [6, 6.07) is 2.10. The average molecular weight is 501 g/mol. The Kier molecular flexibility index (Phi) is 9.78. The summed E-state index contributed by atoms with van der Waals surface area (Å²) in [5, 5.41) is 9.72. The van der Waals surface area contributed by atoms with Gasteiger partial charge in [-0.3, -0.25) is 19.1 Å². The first-order chi connectivity index (χ1) is 16.4. The first kappa shape index (κ1) is 26.5. The standard InChI is InChI=1S/C26H36N4O2S2/c1-4-6-7-8-9-13-16-30-25(32)22(34-26(30)33)17-20-19(3)21(18-27)24(31)29(5-2)23(20)28-14-11-10-12-15-28/h17H,4-16H2,1-3H3/b22-17+. The van der Waals surface area contributed by atoms with Crippen LogP contribution in [-0.4, -0.2) is 39.3 Å². The first-order valence-electron chi connectivity index (χ1n) is 12.6. The third-order valence-electron chi connectivity index (χ3n) is 6.70. The van der Waals surface area contributed by atoms with Crippen LogP contribution < -0.4 is 10.5 Å². The normalized spacial score (nSPS) is 17.6. The van der Waals surface area contributed by atoms with E-state index in [1.165, 1.54) is 43.9 Å². The number of carbonyl (C=O) groups excluding carboxylic acids is 1. The Morgan fingerprint density at radius 3 is 2.38 bits per heavy atom. The maximum atomic E-state index is 13.3. The highest BCUT2D eigenvalue weighted by Gasteiger charge is 2.33. The Hall–Kier alpha value is -2.11. The molecule has 0 N–H and O–H groups in total. The number of nitriles is 1. The molecule has 0 saturated carbocycles. The molecule has 0 atom stereocenters. The lowest BCUT2D eigenvalue weighted by atomic mass is 10.0. The molecule has 3 rings (SSSR count). The second-order valence-electron chi connectivity index (χ2n) is 9.05. The molecule has 0 radical (unpaired) electrons. The van der Waals surface area contributed by atoms with Crippen molar-refractivity contribution in [1.82, 2.24) is 9.47 Å². The Balaban J connectivity index is 1.93. The van der Waals surface area contributed by atoms with Gasteiger partial charge < -0.3 is 4.90 Å². The molecule has 2 saturated heterocycles. The van der Waals surface area contributed by atoms with E-state index < -0.39 is 0 Å². The lowest BCUT2D eigenvalue weighted by molar-refractivity contribution is -0.122. The van der Waals surface area contributed by atoms with Gasteiger partial charge in [-0.2, -0.15) is 5.26 Å². The van der Waals surface area contributed by atoms with Crippen LogP contribution in [0.25, 0.3) is 6.08 Å². The topological polar surface area (TPSA) is 69.3 Å². The first-order valence-corrected chi connectivity index (χ1v) is 13.8. The number of carbonyl (C=O) groups is 1. The fraction of sp³-hybridized carbons (Fsp3) is 0.615. The van der Waals surface area contributed by atoms with E-state index in [1.54, 1.807) is 9.47 Å². The van der Waals surface area contributed by atoms with Crippen LogP contribution in [-0.2, 0) is 11.3 Å². The fourth-order valence-corrected chi connectivity index (χ4v) is 6.05. The largest absolute Gasteiger partial charge is 0.357 e. The summed E-state index contributed by atoms with van der Waals surface area (Å²) in [7, 11) is 0. The minimum absolute atomic E-state index is 0.0692. The number of thiocarbonyl (C=S) groups is 1. The zero-order chi connectivity index (χ0) is 24.7. The van der Waals surface area contributed by atoms with Gasteiger partial charge in [0.1, 0.15) is 21.8 Å². The molecule has 1 aromatic rings. The highest BCUT2D eigenvalue weighted by atomic mass is 32.2. The molecule has 0 bridgehead atoms. The summed E-state index contributed by atoms with van der Waals surface area (Å²) in [6.45, 7) is 8.79. The summed E-state index contributed by atoms with van der Waals surface area (Å²) in [5.74, 6) is 0.755. The van der Waals surface area contributed by atoms with E-state index in [4.69, 9.17) is 12.2 Å². The highest BCUT2D eigenvalue weighted by Crippen LogP contribution is 2.36. The second-order valence-corrected chi connectivity index (χ2v) is 10.7. The third kappa shape index (κ3) is 5.75. The van der Waals surface area contributed by atoms with Crippen molar-refractivity contribution in [2.45, 2.75) is 85.1 Å². The van der Waals surface area contributed by atoms with Crippen LogP contribution in [0.4, 0.5) is 5.82 Å². The molecule has 6 nitrogen and oxygen atoms in total. The van der Waals surface area contributed by atoms with Gasteiger partial charge in [-0.05, 0) is 51.2 Å². The fourth-order valence-electron chi connectivity index (χ4n) is 4.76. The lowest BCUT2D eigenvalue weighted by Crippen LogP contribution is -2.37. The molecule has 0 spiro atoms. The molecule has 34 heavy (non-hydrogen) atoms. The van der Waals surface area contributed by atoms with Crippen molar-refractivity contribution < 1.29 is 4.79 Å². The van der Waals surface area contributed by atoms with Crippen molar-refractivity contribution in [3.63, 3.8) is 0 Å². The number of piperidine rings is 1. The number of anilines is 1. The van der Waals surface area contributed by atoms with Crippen molar-refractivity contribution in [2.75, 3.05) is 24.5 Å².